The Morgan fingerprint density at radius 1 is 1.27 bits per heavy atom. The lowest BCUT2D eigenvalue weighted by molar-refractivity contribution is 0.506. The second-order valence-electron chi connectivity index (χ2n) is 3.27. The van der Waals surface area contributed by atoms with Gasteiger partial charge in [0, 0.05) is 6.54 Å². The van der Waals surface area contributed by atoms with Gasteiger partial charge in [-0.3, -0.25) is 0 Å². The van der Waals surface area contributed by atoms with Crippen molar-refractivity contribution in [3.8, 4) is 0 Å². The zero-order valence-corrected chi connectivity index (χ0v) is 9.54. The summed E-state index contributed by atoms with van der Waals surface area (Å²) in [6.07, 6.45) is 3.15. The van der Waals surface area contributed by atoms with Gasteiger partial charge in [-0.2, -0.15) is 11.8 Å². The first-order valence-corrected chi connectivity index (χ1v) is 6.27. The molecule has 4 heteroatoms. The smallest absolute Gasteiger partial charge is 0.159 e. The molecule has 1 N–H and O–H groups in total. The zero-order valence-electron chi connectivity index (χ0n) is 8.72. The Hall–Kier alpha value is -0.610. The molecule has 1 rings (SSSR count). The summed E-state index contributed by atoms with van der Waals surface area (Å²) >= 11 is 1.80. The molecule has 84 valence electrons. The first-order chi connectivity index (χ1) is 7.24. The van der Waals surface area contributed by atoms with Gasteiger partial charge in [0.2, 0.25) is 0 Å². The van der Waals surface area contributed by atoms with Gasteiger partial charge >= 0.3 is 0 Å². The Kier molecular flexibility index (Phi) is 5.65. The normalized spacial score (nSPS) is 10.6. The highest BCUT2D eigenvalue weighted by atomic mass is 32.2. The fourth-order valence-electron chi connectivity index (χ4n) is 1.22. The van der Waals surface area contributed by atoms with E-state index in [4.69, 9.17) is 0 Å². The molecule has 0 bridgehead atoms. The predicted molar refractivity (Wildman–Crippen MR) is 61.1 cm³/mol. The summed E-state index contributed by atoms with van der Waals surface area (Å²) in [5.74, 6) is -0.454. The van der Waals surface area contributed by atoms with Gasteiger partial charge in [0.25, 0.3) is 0 Å². The van der Waals surface area contributed by atoms with E-state index in [-0.39, 0.29) is 0 Å². The average molecular weight is 231 g/mol. The molecule has 0 amide bonds. The second kappa shape index (κ2) is 6.80. The molecule has 0 unspecified atom stereocenters. The van der Waals surface area contributed by atoms with Crippen molar-refractivity contribution in [1.82, 2.24) is 5.32 Å². The van der Waals surface area contributed by atoms with Crippen molar-refractivity contribution in [2.45, 2.75) is 13.0 Å². The SMILES string of the molecule is CSCCCNCc1ccc(F)c(F)c1. The lowest BCUT2D eigenvalue weighted by Gasteiger charge is -2.04. The number of rotatable bonds is 6. The van der Waals surface area contributed by atoms with Crippen LogP contribution >= 0.6 is 11.8 Å². The molecule has 0 saturated carbocycles. The molecule has 1 aromatic carbocycles. The first kappa shape index (κ1) is 12.5. The monoisotopic (exact) mass is 231 g/mol. The highest BCUT2D eigenvalue weighted by Gasteiger charge is 2.01. The Bertz CT molecular complexity index is 305. The van der Waals surface area contributed by atoms with Crippen LogP contribution in [0, 0.1) is 11.6 Å². The molecule has 0 saturated heterocycles. The van der Waals surface area contributed by atoms with Crippen molar-refractivity contribution >= 4 is 11.8 Å². The lowest BCUT2D eigenvalue weighted by Crippen LogP contribution is -2.15. The van der Waals surface area contributed by atoms with Crippen LogP contribution in [0.1, 0.15) is 12.0 Å². The van der Waals surface area contributed by atoms with Crippen molar-refractivity contribution in [2.75, 3.05) is 18.6 Å². The van der Waals surface area contributed by atoms with Crippen molar-refractivity contribution in [1.29, 1.82) is 0 Å². The minimum absolute atomic E-state index is 0.589. The molecule has 15 heavy (non-hydrogen) atoms. The summed E-state index contributed by atoms with van der Waals surface area (Å²) in [7, 11) is 0. The molecule has 0 aromatic heterocycles. The van der Waals surface area contributed by atoms with Crippen molar-refractivity contribution in [3.63, 3.8) is 0 Å². The third-order valence-electron chi connectivity index (χ3n) is 2.02. The van der Waals surface area contributed by atoms with Gasteiger partial charge in [-0.15, -0.1) is 0 Å². The summed E-state index contributed by atoms with van der Waals surface area (Å²) in [4.78, 5) is 0. The summed E-state index contributed by atoms with van der Waals surface area (Å²) < 4.78 is 25.4. The summed E-state index contributed by atoms with van der Waals surface area (Å²) in [5, 5.41) is 3.18. The summed E-state index contributed by atoms with van der Waals surface area (Å²) in [5.41, 5.74) is 0.776. The van der Waals surface area contributed by atoms with Gasteiger partial charge in [-0.05, 0) is 42.7 Å². The van der Waals surface area contributed by atoms with Crippen LogP contribution < -0.4 is 5.32 Å². The van der Waals surface area contributed by atoms with Crippen molar-refractivity contribution in [3.05, 3.63) is 35.4 Å². The standard InChI is InChI=1S/C11H15F2NS/c1-15-6-2-5-14-8-9-3-4-10(12)11(13)7-9/h3-4,7,14H,2,5-6,8H2,1H3. The highest BCUT2D eigenvalue weighted by molar-refractivity contribution is 7.98. The van der Waals surface area contributed by atoms with Crippen molar-refractivity contribution in [2.24, 2.45) is 0 Å². The van der Waals surface area contributed by atoms with E-state index in [0.29, 0.717) is 6.54 Å². The lowest BCUT2D eigenvalue weighted by atomic mass is 10.2. The maximum atomic E-state index is 12.8. The van der Waals surface area contributed by atoms with Gasteiger partial charge in [-0.25, -0.2) is 8.78 Å². The predicted octanol–water partition coefficient (Wildman–Crippen LogP) is 2.81. The second-order valence-corrected chi connectivity index (χ2v) is 4.26. The third-order valence-corrected chi connectivity index (χ3v) is 2.71. The number of halogens is 2. The summed E-state index contributed by atoms with van der Waals surface area (Å²) in [6, 6.07) is 3.99. The topological polar surface area (TPSA) is 12.0 Å². The molecule has 0 radical (unpaired) electrons. The minimum Gasteiger partial charge on any atom is -0.313 e. The van der Waals surface area contributed by atoms with Crippen LogP contribution in [0.3, 0.4) is 0 Å². The quantitative estimate of drug-likeness (QED) is 0.756. The van der Waals surface area contributed by atoms with Gasteiger partial charge < -0.3 is 5.32 Å². The molecule has 0 spiro atoms. The Labute approximate surface area is 93.3 Å². The highest BCUT2D eigenvalue weighted by Crippen LogP contribution is 2.08. The number of nitrogens with one attached hydrogen (secondary N) is 1. The van der Waals surface area contributed by atoms with E-state index in [1.807, 2.05) is 0 Å². The molecule has 1 aromatic rings. The van der Waals surface area contributed by atoms with E-state index in [1.165, 1.54) is 6.07 Å². The first-order valence-electron chi connectivity index (χ1n) is 4.87. The van der Waals surface area contributed by atoms with E-state index < -0.39 is 11.6 Å². The van der Waals surface area contributed by atoms with Gasteiger partial charge in [0.1, 0.15) is 0 Å². The molecule has 0 heterocycles. The van der Waals surface area contributed by atoms with E-state index in [1.54, 1.807) is 17.8 Å². The van der Waals surface area contributed by atoms with Crippen molar-refractivity contribution < 1.29 is 8.78 Å². The van der Waals surface area contributed by atoms with E-state index in [9.17, 15) is 8.78 Å². The Balaban J connectivity index is 2.28. The zero-order chi connectivity index (χ0) is 11.1. The molecule has 0 aliphatic carbocycles. The van der Waals surface area contributed by atoms with Crippen LogP contribution in [0.2, 0.25) is 0 Å². The molecule has 0 atom stereocenters. The Morgan fingerprint density at radius 2 is 2.07 bits per heavy atom. The molecule has 0 aliphatic heterocycles. The number of hydrogen-bond acceptors (Lipinski definition) is 2. The largest absolute Gasteiger partial charge is 0.313 e. The average Bonchev–Trinajstić information content (AvgIpc) is 2.23. The molecule has 0 aliphatic rings. The van der Waals surface area contributed by atoms with E-state index in [2.05, 4.69) is 11.6 Å². The van der Waals surface area contributed by atoms with Crippen LogP contribution in [-0.4, -0.2) is 18.6 Å². The summed E-state index contributed by atoms with van der Waals surface area (Å²) in [6.45, 7) is 1.49. The van der Waals surface area contributed by atoms with Gasteiger partial charge in [0.15, 0.2) is 11.6 Å². The fourth-order valence-corrected chi connectivity index (χ4v) is 1.66. The third kappa shape index (κ3) is 4.62. The van der Waals surface area contributed by atoms with Crippen LogP contribution in [0.4, 0.5) is 8.78 Å². The maximum absolute atomic E-state index is 12.8. The van der Waals surface area contributed by atoms with E-state index >= 15 is 0 Å². The number of benzene rings is 1. The van der Waals surface area contributed by atoms with Crippen LogP contribution in [0.25, 0.3) is 0 Å². The molecular weight excluding hydrogens is 216 g/mol. The fraction of sp³-hybridized carbons (Fsp3) is 0.455. The van der Waals surface area contributed by atoms with E-state index in [0.717, 1.165) is 30.3 Å². The van der Waals surface area contributed by atoms with Crippen LogP contribution in [0.5, 0.6) is 0 Å². The van der Waals surface area contributed by atoms with Crippen LogP contribution in [-0.2, 0) is 6.54 Å². The Morgan fingerprint density at radius 3 is 2.73 bits per heavy atom. The molecule has 0 fully saturated rings. The molecule has 1 nitrogen and oxygen atoms in total. The van der Waals surface area contributed by atoms with Gasteiger partial charge in [-0.1, -0.05) is 6.07 Å². The molecular formula is C11H15F2NS. The number of thioether (sulfide) groups is 1. The van der Waals surface area contributed by atoms with Crippen LogP contribution in [0.15, 0.2) is 18.2 Å². The van der Waals surface area contributed by atoms with Gasteiger partial charge in [0.05, 0.1) is 0 Å². The minimum atomic E-state index is -0.791. The number of hydrogen-bond donors (Lipinski definition) is 1. The maximum Gasteiger partial charge on any atom is 0.159 e.